The number of hydrogen-bond donors (Lipinski definition) is 0. The molecule has 0 unspecified atom stereocenters. The maximum Gasteiger partial charge on any atom is 0.269 e. The standard InChI is InChI=1S/C18H16N4O4/c1-12(15-4-3-5-16(10-15)22(24)25)21(2)18(23)14-8-6-13(7-9-14)17-20-19-11-26-17/h3-12H,1-2H3/t12-/m0/s1. The second-order valence-corrected chi connectivity index (χ2v) is 5.77. The number of carbonyl (C=O) groups excluding carboxylic acids is 1. The lowest BCUT2D eigenvalue weighted by Gasteiger charge is -2.25. The largest absolute Gasteiger partial charge is 0.423 e. The molecule has 0 radical (unpaired) electrons. The smallest absolute Gasteiger partial charge is 0.269 e. The van der Waals surface area contributed by atoms with Crippen molar-refractivity contribution in [1.82, 2.24) is 15.1 Å². The van der Waals surface area contributed by atoms with E-state index in [9.17, 15) is 14.9 Å². The third kappa shape index (κ3) is 3.44. The Morgan fingerprint density at radius 3 is 2.58 bits per heavy atom. The van der Waals surface area contributed by atoms with Crippen LogP contribution in [0.2, 0.25) is 0 Å². The molecule has 26 heavy (non-hydrogen) atoms. The Bertz CT molecular complexity index is 923. The molecule has 0 fully saturated rings. The van der Waals surface area contributed by atoms with Crippen molar-refractivity contribution >= 4 is 11.6 Å². The van der Waals surface area contributed by atoms with Crippen molar-refractivity contribution < 1.29 is 14.1 Å². The van der Waals surface area contributed by atoms with Crippen LogP contribution in [0.25, 0.3) is 11.5 Å². The zero-order chi connectivity index (χ0) is 18.7. The SMILES string of the molecule is C[C@@H](c1cccc([N+](=O)[O-])c1)N(C)C(=O)c1ccc(-c2nnco2)cc1. The molecule has 1 amide bonds. The first-order valence-electron chi connectivity index (χ1n) is 7.85. The maximum atomic E-state index is 12.7. The van der Waals surface area contributed by atoms with E-state index in [0.29, 0.717) is 22.6 Å². The summed E-state index contributed by atoms with van der Waals surface area (Å²) in [5, 5.41) is 18.4. The van der Waals surface area contributed by atoms with Gasteiger partial charge < -0.3 is 9.32 Å². The molecule has 0 spiro atoms. The lowest BCUT2D eigenvalue weighted by atomic mass is 10.0. The third-order valence-electron chi connectivity index (χ3n) is 4.20. The molecule has 3 aromatic rings. The Morgan fingerprint density at radius 2 is 1.96 bits per heavy atom. The van der Waals surface area contributed by atoms with Gasteiger partial charge in [-0.05, 0) is 36.8 Å². The van der Waals surface area contributed by atoms with Gasteiger partial charge in [-0.15, -0.1) is 10.2 Å². The fourth-order valence-corrected chi connectivity index (χ4v) is 2.56. The normalized spacial score (nSPS) is 11.8. The number of nitro benzene ring substituents is 1. The van der Waals surface area contributed by atoms with Crippen molar-refractivity contribution in [3.05, 3.63) is 76.2 Å². The van der Waals surface area contributed by atoms with Gasteiger partial charge in [0.25, 0.3) is 11.6 Å². The molecule has 1 aromatic heterocycles. The third-order valence-corrected chi connectivity index (χ3v) is 4.20. The molecule has 1 atom stereocenters. The van der Waals surface area contributed by atoms with E-state index in [-0.39, 0.29) is 17.6 Å². The number of rotatable bonds is 5. The van der Waals surface area contributed by atoms with Crippen molar-refractivity contribution in [1.29, 1.82) is 0 Å². The number of nitrogens with zero attached hydrogens (tertiary/aromatic N) is 4. The molecular weight excluding hydrogens is 336 g/mol. The Labute approximate surface area is 149 Å². The van der Waals surface area contributed by atoms with Crippen LogP contribution in [0.5, 0.6) is 0 Å². The summed E-state index contributed by atoms with van der Waals surface area (Å²) in [5.74, 6) is 0.184. The van der Waals surface area contributed by atoms with E-state index in [1.807, 2.05) is 6.92 Å². The molecule has 1 heterocycles. The van der Waals surface area contributed by atoms with Gasteiger partial charge in [0.15, 0.2) is 0 Å². The first-order valence-corrected chi connectivity index (χ1v) is 7.85. The number of carbonyl (C=O) groups is 1. The number of benzene rings is 2. The van der Waals surface area contributed by atoms with Gasteiger partial charge in [-0.1, -0.05) is 12.1 Å². The van der Waals surface area contributed by atoms with Crippen LogP contribution in [0.15, 0.2) is 59.3 Å². The molecule has 0 N–H and O–H groups in total. The molecule has 8 nitrogen and oxygen atoms in total. The number of aromatic nitrogens is 2. The Balaban J connectivity index is 1.78. The molecule has 2 aromatic carbocycles. The monoisotopic (exact) mass is 352 g/mol. The van der Waals surface area contributed by atoms with Crippen molar-refractivity contribution in [3.63, 3.8) is 0 Å². The molecule has 3 rings (SSSR count). The van der Waals surface area contributed by atoms with E-state index in [0.717, 1.165) is 0 Å². The van der Waals surface area contributed by atoms with Gasteiger partial charge in [0.2, 0.25) is 12.3 Å². The van der Waals surface area contributed by atoms with Gasteiger partial charge in [0.1, 0.15) is 0 Å². The predicted octanol–water partition coefficient (Wildman–Crippen LogP) is 3.48. The Morgan fingerprint density at radius 1 is 1.23 bits per heavy atom. The predicted molar refractivity (Wildman–Crippen MR) is 93.3 cm³/mol. The average molecular weight is 352 g/mol. The second kappa shape index (κ2) is 7.14. The molecule has 0 aliphatic rings. The highest BCUT2D eigenvalue weighted by Gasteiger charge is 2.20. The molecule has 0 bridgehead atoms. The van der Waals surface area contributed by atoms with Crippen molar-refractivity contribution in [3.8, 4) is 11.5 Å². The van der Waals surface area contributed by atoms with Crippen LogP contribution in [0.1, 0.15) is 28.9 Å². The second-order valence-electron chi connectivity index (χ2n) is 5.77. The summed E-state index contributed by atoms with van der Waals surface area (Å²) in [4.78, 5) is 24.7. The summed E-state index contributed by atoms with van der Waals surface area (Å²) >= 11 is 0. The van der Waals surface area contributed by atoms with Gasteiger partial charge >= 0.3 is 0 Å². The summed E-state index contributed by atoms with van der Waals surface area (Å²) in [6.07, 6.45) is 1.24. The van der Waals surface area contributed by atoms with E-state index in [2.05, 4.69) is 10.2 Å². The van der Waals surface area contributed by atoms with Crippen LogP contribution in [0.4, 0.5) is 5.69 Å². The minimum Gasteiger partial charge on any atom is -0.423 e. The zero-order valence-electron chi connectivity index (χ0n) is 14.2. The fourth-order valence-electron chi connectivity index (χ4n) is 2.56. The van der Waals surface area contributed by atoms with Crippen LogP contribution in [0.3, 0.4) is 0 Å². The van der Waals surface area contributed by atoms with Crippen molar-refractivity contribution in [2.24, 2.45) is 0 Å². The minimum absolute atomic E-state index is 0.000825. The Kier molecular flexibility index (Phi) is 4.74. The molecule has 0 saturated heterocycles. The van der Waals surface area contributed by atoms with Crippen LogP contribution in [0, 0.1) is 10.1 Å². The number of nitro groups is 1. The lowest BCUT2D eigenvalue weighted by molar-refractivity contribution is -0.384. The van der Waals surface area contributed by atoms with E-state index >= 15 is 0 Å². The first-order chi connectivity index (χ1) is 12.5. The van der Waals surface area contributed by atoms with Crippen molar-refractivity contribution in [2.45, 2.75) is 13.0 Å². The highest BCUT2D eigenvalue weighted by atomic mass is 16.6. The highest BCUT2D eigenvalue weighted by Crippen LogP contribution is 2.25. The molecule has 132 valence electrons. The van der Waals surface area contributed by atoms with E-state index in [1.54, 1.807) is 48.3 Å². The number of hydrogen-bond acceptors (Lipinski definition) is 6. The van der Waals surface area contributed by atoms with Crippen LogP contribution >= 0.6 is 0 Å². The van der Waals surface area contributed by atoms with Gasteiger partial charge in [-0.2, -0.15) is 0 Å². The summed E-state index contributed by atoms with van der Waals surface area (Å²) in [6, 6.07) is 12.8. The summed E-state index contributed by atoms with van der Waals surface area (Å²) in [6.45, 7) is 1.82. The van der Waals surface area contributed by atoms with Gasteiger partial charge in [-0.3, -0.25) is 14.9 Å². The molecule has 8 heteroatoms. The van der Waals surface area contributed by atoms with Gasteiger partial charge in [-0.25, -0.2) is 0 Å². The molecule has 0 saturated carbocycles. The van der Waals surface area contributed by atoms with Crippen LogP contribution in [-0.2, 0) is 0 Å². The van der Waals surface area contributed by atoms with Crippen LogP contribution in [-0.4, -0.2) is 33.0 Å². The Hall–Kier alpha value is -3.55. The number of amides is 1. The fraction of sp³-hybridized carbons (Fsp3) is 0.167. The van der Waals surface area contributed by atoms with E-state index in [4.69, 9.17) is 4.42 Å². The van der Waals surface area contributed by atoms with Gasteiger partial charge in [0.05, 0.1) is 11.0 Å². The average Bonchev–Trinajstić information content (AvgIpc) is 3.21. The zero-order valence-corrected chi connectivity index (χ0v) is 14.2. The number of non-ortho nitro benzene ring substituents is 1. The topological polar surface area (TPSA) is 102 Å². The summed E-state index contributed by atoms with van der Waals surface area (Å²) in [7, 11) is 1.66. The minimum atomic E-state index is -0.450. The highest BCUT2D eigenvalue weighted by molar-refractivity contribution is 5.94. The van der Waals surface area contributed by atoms with Crippen LogP contribution < -0.4 is 0 Å². The molecule has 0 aliphatic heterocycles. The molecule has 0 aliphatic carbocycles. The van der Waals surface area contributed by atoms with E-state index in [1.165, 1.54) is 18.5 Å². The maximum absolute atomic E-state index is 12.7. The quantitative estimate of drug-likeness (QED) is 0.514. The molecular formula is C18H16N4O4. The van der Waals surface area contributed by atoms with Crippen molar-refractivity contribution in [2.75, 3.05) is 7.05 Å². The first kappa shape index (κ1) is 17.3. The summed E-state index contributed by atoms with van der Waals surface area (Å²) in [5.41, 5.74) is 1.90. The summed E-state index contributed by atoms with van der Waals surface area (Å²) < 4.78 is 5.12. The van der Waals surface area contributed by atoms with Gasteiger partial charge in [0, 0.05) is 30.3 Å². The lowest BCUT2D eigenvalue weighted by Crippen LogP contribution is -2.29. The van der Waals surface area contributed by atoms with E-state index < -0.39 is 4.92 Å².